The third-order valence-corrected chi connectivity index (χ3v) is 6.15. The molecule has 1 aromatic rings. The standard InChI is InChI=1S/C15H24N4O2S2/c1-2-3-4-10-5-7-11(8-6-10)13(21)17-14-18-19-15(23-14)22-9-12(16)20/h10-11H,2-9H2,1H3,(H2,16,20)(H,17,18,21). The van der Waals surface area contributed by atoms with Gasteiger partial charge in [0, 0.05) is 5.92 Å². The smallest absolute Gasteiger partial charge is 0.229 e. The average molecular weight is 357 g/mol. The molecule has 0 saturated heterocycles. The maximum atomic E-state index is 12.3. The van der Waals surface area contributed by atoms with Crippen molar-refractivity contribution in [2.45, 2.75) is 56.2 Å². The molecular formula is C15H24N4O2S2. The van der Waals surface area contributed by atoms with E-state index in [1.165, 1.54) is 42.4 Å². The van der Waals surface area contributed by atoms with Crippen molar-refractivity contribution >= 4 is 40.0 Å². The zero-order chi connectivity index (χ0) is 16.7. The molecule has 8 heteroatoms. The molecule has 2 rings (SSSR count). The second-order valence-corrected chi connectivity index (χ2v) is 8.18. The van der Waals surface area contributed by atoms with Crippen molar-refractivity contribution < 1.29 is 9.59 Å². The van der Waals surface area contributed by atoms with Gasteiger partial charge in [-0.3, -0.25) is 9.59 Å². The molecule has 0 bridgehead atoms. The van der Waals surface area contributed by atoms with Crippen LogP contribution in [0, 0.1) is 11.8 Å². The van der Waals surface area contributed by atoms with Gasteiger partial charge < -0.3 is 11.1 Å². The number of nitrogens with zero attached hydrogens (tertiary/aromatic N) is 2. The Balaban J connectivity index is 1.75. The van der Waals surface area contributed by atoms with Gasteiger partial charge in [-0.05, 0) is 31.6 Å². The fourth-order valence-electron chi connectivity index (χ4n) is 2.87. The van der Waals surface area contributed by atoms with Crippen LogP contribution in [0.3, 0.4) is 0 Å². The predicted molar refractivity (Wildman–Crippen MR) is 93.4 cm³/mol. The normalized spacial score (nSPS) is 21.1. The lowest BCUT2D eigenvalue weighted by Crippen LogP contribution is -2.27. The lowest BCUT2D eigenvalue weighted by molar-refractivity contribution is -0.121. The summed E-state index contributed by atoms with van der Waals surface area (Å²) < 4.78 is 0.641. The van der Waals surface area contributed by atoms with E-state index in [0.29, 0.717) is 9.47 Å². The number of unbranched alkanes of at least 4 members (excludes halogenated alkanes) is 1. The summed E-state index contributed by atoms with van der Waals surface area (Å²) in [5.41, 5.74) is 5.09. The van der Waals surface area contributed by atoms with E-state index < -0.39 is 5.91 Å². The lowest BCUT2D eigenvalue weighted by atomic mass is 9.79. The van der Waals surface area contributed by atoms with E-state index in [-0.39, 0.29) is 17.6 Å². The number of aromatic nitrogens is 2. The van der Waals surface area contributed by atoms with Crippen LogP contribution < -0.4 is 11.1 Å². The summed E-state index contributed by atoms with van der Waals surface area (Å²) in [7, 11) is 0. The quantitative estimate of drug-likeness (QED) is 0.551. The summed E-state index contributed by atoms with van der Waals surface area (Å²) in [6.07, 6.45) is 8.04. The molecule has 0 spiro atoms. The van der Waals surface area contributed by atoms with Crippen LogP contribution in [-0.2, 0) is 9.59 Å². The predicted octanol–water partition coefficient (Wildman–Crippen LogP) is 3.05. The van der Waals surface area contributed by atoms with Crippen LogP contribution in [-0.4, -0.2) is 27.8 Å². The number of amides is 2. The Kier molecular flexibility index (Phi) is 7.29. The summed E-state index contributed by atoms with van der Waals surface area (Å²) in [5.74, 6) is 0.692. The van der Waals surface area contributed by atoms with Gasteiger partial charge in [-0.1, -0.05) is 49.3 Å². The first-order chi connectivity index (χ1) is 11.1. The lowest BCUT2D eigenvalue weighted by Gasteiger charge is -2.27. The number of hydrogen-bond acceptors (Lipinski definition) is 6. The van der Waals surface area contributed by atoms with Crippen molar-refractivity contribution in [3.63, 3.8) is 0 Å². The molecule has 0 unspecified atom stereocenters. The fraction of sp³-hybridized carbons (Fsp3) is 0.733. The molecule has 1 aromatic heterocycles. The van der Waals surface area contributed by atoms with Gasteiger partial charge in [0.1, 0.15) is 0 Å². The molecule has 1 saturated carbocycles. The van der Waals surface area contributed by atoms with Crippen molar-refractivity contribution in [1.29, 1.82) is 0 Å². The molecule has 1 aliphatic rings. The van der Waals surface area contributed by atoms with Crippen LogP contribution in [0.1, 0.15) is 51.9 Å². The second kappa shape index (κ2) is 9.22. The van der Waals surface area contributed by atoms with Gasteiger partial charge in [0.2, 0.25) is 16.9 Å². The van der Waals surface area contributed by atoms with E-state index in [9.17, 15) is 9.59 Å². The Morgan fingerprint density at radius 1 is 1.30 bits per heavy atom. The minimum atomic E-state index is -0.393. The second-order valence-electron chi connectivity index (χ2n) is 5.98. The highest BCUT2D eigenvalue weighted by atomic mass is 32.2. The van der Waals surface area contributed by atoms with E-state index in [1.807, 2.05) is 0 Å². The molecule has 0 aromatic carbocycles. The number of carbonyl (C=O) groups is 2. The van der Waals surface area contributed by atoms with E-state index in [1.54, 1.807) is 0 Å². The van der Waals surface area contributed by atoms with E-state index in [2.05, 4.69) is 22.4 Å². The van der Waals surface area contributed by atoms with Crippen LogP contribution in [0.5, 0.6) is 0 Å². The monoisotopic (exact) mass is 356 g/mol. The molecule has 1 fully saturated rings. The van der Waals surface area contributed by atoms with Crippen LogP contribution >= 0.6 is 23.1 Å². The van der Waals surface area contributed by atoms with Crippen LogP contribution in [0.2, 0.25) is 0 Å². The van der Waals surface area contributed by atoms with Gasteiger partial charge in [0.25, 0.3) is 0 Å². The molecule has 128 valence electrons. The van der Waals surface area contributed by atoms with Crippen LogP contribution in [0.15, 0.2) is 4.34 Å². The summed E-state index contributed by atoms with van der Waals surface area (Å²) in [5, 5.41) is 11.2. The zero-order valence-electron chi connectivity index (χ0n) is 13.4. The first kappa shape index (κ1) is 18.2. The zero-order valence-corrected chi connectivity index (χ0v) is 15.0. The van der Waals surface area contributed by atoms with Gasteiger partial charge in [-0.25, -0.2) is 0 Å². The van der Waals surface area contributed by atoms with E-state index >= 15 is 0 Å². The third kappa shape index (κ3) is 6.10. The molecule has 3 N–H and O–H groups in total. The number of carbonyl (C=O) groups excluding carboxylic acids is 2. The highest BCUT2D eigenvalue weighted by Crippen LogP contribution is 2.33. The SMILES string of the molecule is CCCCC1CCC(C(=O)Nc2nnc(SCC(N)=O)s2)CC1. The topological polar surface area (TPSA) is 98.0 Å². The first-order valence-electron chi connectivity index (χ1n) is 8.14. The maximum absolute atomic E-state index is 12.3. The highest BCUT2D eigenvalue weighted by Gasteiger charge is 2.26. The summed E-state index contributed by atoms with van der Waals surface area (Å²) in [6.45, 7) is 2.22. The number of rotatable bonds is 8. The molecule has 0 radical (unpaired) electrons. The van der Waals surface area contributed by atoms with Crippen molar-refractivity contribution in [2.24, 2.45) is 17.6 Å². The number of anilines is 1. The van der Waals surface area contributed by atoms with Crippen LogP contribution in [0.4, 0.5) is 5.13 Å². The summed E-state index contributed by atoms with van der Waals surface area (Å²) >= 11 is 2.52. The Bertz CT molecular complexity index is 527. The Labute approximate surface area is 145 Å². The molecule has 1 heterocycles. The fourth-order valence-corrected chi connectivity index (χ4v) is 4.36. The molecular weight excluding hydrogens is 332 g/mol. The van der Waals surface area contributed by atoms with Gasteiger partial charge in [0.15, 0.2) is 4.34 Å². The summed E-state index contributed by atoms with van der Waals surface area (Å²) in [6, 6.07) is 0. The molecule has 0 aliphatic heterocycles. The number of nitrogens with one attached hydrogen (secondary N) is 1. The molecule has 6 nitrogen and oxygen atoms in total. The molecule has 23 heavy (non-hydrogen) atoms. The van der Waals surface area contributed by atoms with Crippen molar-refractivity contribution in [3.8, 4) is 0 Å². The van der Waals surface area contributed by atoms with Crippen molar-refractivity contribution in [2.75, 3.05) is 11.1 Å². The number of hydrogen-bond donors (Lipinski definition) is 2. The molecule has 1 aliphatic carbocycles. The minimum absolute atomic E-state index is 0.0431. The minimum Gasteiger partial charge on any atom is -0.369 e. The number of thioether (sulfide) groups is 1. The molecule has 2 amide bonds. The Morgan fingerprint density at radius 3 is 2.70 bits per heavy atom. The van der Waals surface area contributed by atoms with Crippen LogP contribution in [0.25, 0.3) is 0 Å². The Hall–Kier alpha value is -1.15. The van der Waals surface area contributed by atoms with E-state index in [4.69, 9.17) is 5.73 Å². The van der Waals surface area contributed by atoms with Gasteiger partial charge in [-0.15, -0.1) is 10.2 Å². The summed E-state index contributed by atoms with van der Waals surface area (Å²) in [4.78, 5) is 23.1. The Morgan fingerprint density at radius 2 is 2.04 bits per heavy atom. The first-order valence-corrected chi connectivity index (χ1v) is 9.94. The van der Waals surface area contributed by atoms with Gasteiger partial charge >= 0.3 is 0 Å². The molecule has 0 atom stereocenters. The maximum Gasteiger partial charge on any atom is 0.229 e. The van der Waals surface area contributed by atoms with Crippen molar-refractivity contribution in [3.05, 3.63) is 0 Å². The van der Waals surface area contributed by atoms with Gasteiger partial charge in [0.05, 0.1) is 5.75 Å². The van der Waals surface area contributed by atoms with Gasteiger partial charge in [-0.2, -0.15) is 0 Å². The van der Waals surface area contributed by atoms with Crippen molar-refractivity contribution in [1.82, 2.24) is 10.2 Å². The van der Waals surface area contributed by atoms with E-state index in [0.717, 1.165) is 31.6 Å². The largest absolute Gasteiger partial charge is 0.369 e. The average Bonchev–Trinajstić information content (AvgIpc) is 2.99. The number of primary amides is 1. The number of nitrogens with two attached hydrogens (primary N) is 1. The highest BCUT2D eigenvalue weighted by molar-refractivity contribution is 8.01. The third-order valence-electron chi connectivity index (χ3n) is 4.16.